The fourth-order valence-electron chi connectivity index (χ4n) is 2.97. The lowest BCUT2D eigenvalue weighted by molar-refractivity contribution is -0.118. The fourth-order valence-corrected chi connectivity index (χ4v) is 2.97. The number of para-hydroxylation sites is 1. The van der Waals surface area contributed by atoms with Crippen LogP contribution in [-0.4, -0.2) is 24.5 Å². The molecule has 2 rings (SSSR count). The highest BCUT2D eigenvalue weighted by atomic mass is 16.5. The van der Waals surface area contributed by atoms with Crippen molar-refractivity contribution in [2.75, 3.05) is 11.5 Å². The number of carbonyl (C=O) groups is 2. The third kappa shape index (κ3) is 4.32. The van der Waals surface area contributed by atoms with E-state index in [0.29, 0.717) is 17.9 Å². The van der Waals surface area contributed by atoms with Gasteiger partial charge in [0.25, 0.3) is 0 Å². The van der Waals surface area contributed by atoms with Gasteiger partial charge in [-0.1, -0.05) is 50.0 Å². The van der Waals surface area contributed by atoms with Crippen molar-refractivity contribution in [1.29, 1.82) is 0 Å². The Morgan fingerprint density at radius 1 is 1.21 bits per heavy atom. The molecule has 0 aliphatic carbocycles. The van der Waals surface area contributed by atoms with Crippen LogP contribution in [0.15, 0.2) is 35.9 Å². The number of ether oxygens (including phenoxy) is 1. The summed E-state index contributed by atoms with van der Waals surface area (Å²) in [6.07, 6.45) is 7.16. The van der Waals surface area contributed by atoms with E-state index in [1.54, 1.807) is 18.2 Å². The summed E-state index contributed by atoms with van der Waals surface area (Å²) in [6.45, 7) is 6.09. The number of hydrogen-bond donors (Lipinski definition) is 0. The fraction of sp³-hybridized carbons (Fsp3) is 0.500. The van der Waals surface area contributed by atoms with E-state index in [1.165, 1.54) is 43.1 Å². The first kappa shape index (κ1) is 18.4. The van der Waals surface area contributed by atoms with E-state index in [2.05, 4.69) is 13.8 Å². The lowest BCUT2D eigenvalue weighted by Gasteiger charge is -2.22. The first-order chi connectivity index (χ1) is 11.6. The first-order valence-electron chi connectivity index (χ1n) is 8.76. The van der Waals surface area contributed by atoms with E-state index in [1.807, 2.05) is 12.1 Å². The summed E-state index contributed by atoms with van der Waals surface area (Å²) in [5.41, 5.74) is 2.46. The molecule has 1 aromatic carbocycles. The van der Waals surface area contributed by atoms with E-state index in [9.17, 15) is 9.59 Å². The maximum atomic E-state index is 12.5. The average Bonchev–Trinajstić information content (AvgIpc) is 2.85. The number of amides is 1. The summed E-state index contributed by atoms with van der Waals surface area (Å²) in [5.74, 6) is -0.326. The van der Waals surface area contributed by atoms with Crippen molar-refractivity contribution >= 4 is 17.4 Å². The molecule has 4 heteroatoms. The number of rotatable bonds is 8. The van der Waals surface area contributed by atoms with Crippen LogP contribution in [0.1, 0.15) is 63.2 Å². The van der Waals surface area contributed by atoms with E-state index < -0.39 is 6.23 Å². The Kier molecular flexibility index (Phi) is 6.73. The van der Waals surface area contributed by atoms with Gasteiger partial charge in [-0.2, -0.15) is 0 Å². The van der Waals surface area contributed by atoms with Gasteiger partial charge in [-0.3, -0.25) is 14.5 Å². The molecular formula is C20H27NO3. The van der Waals surface area contributed by atoms with Crippen molar-refractivity contribution in [2.45, 2.75) is 59.1 Å². The van der Waals surface area contributed by atoms with Gasteiger partial charge in [0, 0.05) is 12.5 Å². The highest BCUT2D eigenvalue weighted by molar-refractivity contribution is 6.16. The molecule has 0 spiro atoms. The molecule has 0 N–H and O–H groups in total. The number of allylic oxidation sites excluding steroid dienone is 1. The van der Waals surface area contributed by atoms with Gasteiger partial charge in [-0.15, -0.1) is 0 Å². The van der Waals surface area contributed by atoms with Crippen molar-refractivity contribution in [3.63, 3.8) is 0 Å². The SMILES string of the molecule is CCCCCC/C(C)=C\COC1C(=O)c2ccccc2N1C(C)=O. The second-order valence-corrected chi connectivity index (χ2v) is 6.32. The van der Waals surface area contributed by atoms with Crippen LogP contribution >= 0.6 is 0 Å². The van der Waals surface area contributed by atoms with Crippen LogP contribution in [0.25, 0.3) is 0 Å². The molecule has 1 aromatic rings. The van der Waals surface area contributed by atoms with E-state index in [-0.39, 0.29) is 11.7 Å². The second kappa shape index (κ2) is 8.78. The molecule has 1 aliphatic heterocycles. The Balaban J connectivity index is 1.95. The predicted molar refractivity (Wildman–Crippen MR) is 96.2 cm³/mol. The topological polar surface area (TPSA) is 46.6 Å². The minimum Gasteiger partial charge on any atom is -0.346 e. The molecule has 1 aliphatic rings. The molecule has 0 radical (unpaired) electrons. The maximum Gasteiger partial charge on any atom is 0.226 e. The van der Waals surface area contributed by atoms with E-state index in [4.69, 9.17) is 4.74 Å². The summed E-state index contributed by atoms with van der Waals surface area (Å²) in [6, 6.07) is 7.15. The number of unbranched alkanes of at least 4 members (excludes halogenated alkanes) is 3. The standard InChI is InChI=1S/C20H27NO3/c1-4-5-6-7-10-15(2)13-14-24-20-19(23)17-11-8-9-12-18(17)21(20)16(3)22/h8-9,11-13,20H,4-7,10,14H2,1-3H3/b15-13-. The molecular weight excluding hydrogens is 302 g/mol. The molecule has 1 heterocycles. The summed E-state index contributed by atoms with van der Waals surface area (Å²) in [7, 11) is 0. The van der Waals surface area contributed by atoms with Crippen molar-refractivity contribution < 1.29 is 14.3 Å². The van der Waals surface area contributed by atoms with Crippen molar-refractivity contribution in [3.8, 4) is 0 Å². The van der Waals surface area contributed by atoms with Crippen LogP contribution in [0.2, 0.25) is 0 Å². The van der Waals surface area contributed by atoms with Gasteiger partial charge in [0.2, 0.25) is 17.9 Å². The zero-order valence-corrected chi connectivity index (χ0v) is 14.9. The van der Waals surface area contributed by atoms with Crippen LogP contribution in [0.5, 0.6) is 0 Å². The Labute approximate surface area is 144 Å². The smallest absolute Gasteiger partial charge is 0.226 e. The highest BCUT2D eigenvalue weighted by Gasteiger charge is 2.39. The Bertz CT molecular complexity index is 621. The molecule has 1 unspecified atom stereocenters. The van der Waals surface area contributed by atoms with Crippen molar-refractivity contribution in [1.82, 2.24) is 0 Å². The number of fused-ring (bicyclic) bond motifs is 1. The second-order valence-electron chi connectivity index (χ2n) is 6.32. The summed E-state index contributed by atoms with van der Waals surface area (Å²) >= 11 is 0. The number of ketones is 1. The monoisotopic (exact) mass is 329 g/mol. The first-order valence-corrected chi connectivity index (χ1v) is 8.76. The van der Waals surface area contributed by atoms with Gasteiger partial charge >= 0.3 is 0 Å². The number of hydrogen-bond acceptors (Lipinski definition) is 3. The zero-order chi connectivity index (χ0) is 17.5. The number of carbonyl (C=O) groups excluding carboxylic acids is 2. The molecule has 1 amide bonds. The van der Waals surface area contributed by atoms with Crippen LogP contribution in [-0.2, 0) is 9.53 Å². The van der Waals surface area contributed by atoms with Gasteiger partial charge in [-0.05, 0) is 31.9 Å². The maximum absolute atomic E-state index is 12.5. The third-order valence-corrected chi connectivity index (χ3v) is 4.34. The average molecular weight is 329 g/mol. The molecule has 24 heavy (non-hydrogen) atoms. The van der Waals surface area contributed by atoms with Gasteiger partial charge < -0.3 is 4.74 Å². The highest BCUT2D eigenvalue weighted by Crippen LogP contribution is 2.32. The van der Waals surface area contributed by atoms with Gasteiger partial charge in [0.1, 0.15) is 0 Å². The molecule has 0 saturated carbocycles. The normalized spacial score (nSPS) is 17.3. The Morgan fingerprint density at radius 2 is 1.96 bits per heavy atom. The molecule has 1 atom stereocenters. The summed E-state index contributed by atoms with van der Waals surface area (Å²) in [5, 5.41) is 0. The quantitative estimate of drug-likeness (QED) is 0.521. The van der Waals surface area contributed by atoms with Crippen LogP contribution in [0, 0.1) is 0 Å². The van der Waals surface area contributed by atoms with Crippen molar-refractivity contribution in [2.24, 2.45) is 0 Å². The lowest BCUT2D eigenvalue weighted by Crippen LogP contribution is -2.40. The molecule has 0 bridgehead atoms. The molecule has 0 saturated heterocycles. The molecule has 4 nitrogen and oxygen atoms in total. The van der Waals surface area contributed by atoms with Crippen LogP contribution < -0.4 is 4.90 Å². The zero-order valence-electron chi connectivity index (χ0n) is 14.9. The minimum absolute atomic E-state index is 0.144. The number of benzene rings is 1. The predicted octanol–water partition coefficient (Wildman–Crippen LogP) is 4.50. The van der Waals surface area contributed by atoms with Gasteiger partial charge in [0.05, 0.1) is 12.3 Å². The molecule has 130 valence electrons. The van der Waals surface area contributed by atoms with E-state index >= 15 is 0 Å². The molecule has 0 aromatic heterocycles. The third-order valence-electron chi connectivity index (χ3n) is 4.34. The largest absolute Gasteiger partial charge is 0.346 e. The Hall–Kier alpha value is -1.94. The van der Waals surface area contributed by atoms with Gasteiger partial charge in [-0.25, -0.2) is 0 Å². The Morgan fingerprint density at radius 3 is 2.67 bits per heavy atom. The number of Topliss-reactive ketones (excluding diaryl/α,β-unsaturated/α-hetero) is 1. The molecule has 0 fully saturated rings. The van der Waals surface area contributed by atoms with Crippen LogP contribution in [0.4, 0.5) is 5.69 Å². The number of nitrogens with zero attached hydrogens (tertiary/aromatic N) is 1. The number of anilines is 1. The van der Waals surface area contributed by atoms with Crippen molar-refractivity contribution in [3.05, 3.63) is 41.5 Å². The van der Waals surface area contributed by atoms with E-state index in [0.717, 1.165) is 6.42 Å². The van der Waals surface area contributed by atoms with Gasteiger partial charge in [0.15, 0.2) is 0 Å². The lowest BCUT2D eigenvalue weighted by atomic mass is 10.1. The van der Waals surface area contributed by atoms with Crippen LogP contribution in [0.3, 0.4) is 0 Å². The minimum atomic E-state index is -0.843. The summed E-state index contributed by atoms with van der Waals surface area (Å²) < 4.78 is 5.75. The summed E-state index contributed by atoms with van der Waals surface area (Å²) in [4.78, 5) is 25.9.